The maximum absolute atomic E-state index is 14.2. The Kier molecular flexibility index (Phi) is 24.3. The first-order valence-electron chi connectivity index (χ1n) is 21.5. The molecule has 0 radical (unpaired) electrons. The number of benzene rings is 1. The number of carboxylic acid groups (broad SMARTS) is 1. The van der Waals surface area contributed by atoms with E-state index in [0.717, 1.165) is 5.56 Å². The number of hydrogen-bond donors (Lipinski definition) is 1. The normalized spacial score (nSPS) is 14.4. The van der Waals surface area contributed by atoms with Gasteiger partial charge < -0.3 is 19.5 Å². The lowest BCUT2D eigenvalue weighted by atomic mass is 9.75. The highest BCUT2D eigenvalue weighted by molar-refractivity contribution is 6.38. The maximum Gasteiger partial charge on any atom is 0.303 e. The second-order valence-corrected chi connectivity index (χ2v) is 17.4. The van der Waals surface area contributed by atoms with Gasteiger partial charge in [0.1, 0.15) is 46.3 Å². The van der Waals surface area contributed by atoms with E-state index in [1.807, 2.05) is 37.3 Å². The number of carboxylic acids is 1. The fourth-order valence-electron chi connectivity index (χ4n) is 7.70. The zero-order valence-electron chi connectivity index (χ0n) is 37.1. The van der Waals surface area contributed by atoms with Crippen molar-refractivity contribution in [3.8, 4) is 0 Å². The zero-order valence-corrected chi connectivity index (χ0v) is 37.1. The quantitative estimate of drug-likeness (QED) is 0.0668. The number of ketones is 10. The summed E-state index contributed by atoms with van der Waals surface area (Å²) in [4.78, 5) is 142. The van der Waals surface area contributed by atoms with E-state index in [0.29, 0.717) is 6.42 Å². The van der Waals surface area contributed by atoms with Crippen LogP contribution in [0.3, 0.4) is 0 Å². The lowest BCUT2D eigenvalue weighted by Gasteiger charge is -2.27. The Morgan fingerprint density at radius 2 is 0.933 bits per heavy atom. The van der Waals surface area contributed by atoms with E-state index in [9.17, 15) is 57.8 Å². The molecule has 0 aliphatic heterocycles. The first kappa shape index (κ1) is 53.4. The molecule has 6 atom stereocenters. The predicted octanol–water partition coefficient (Wildman–Crippen LogP) is 7.55. The van der Waals surface area contributed by atoms with Crippen LogP contribution < -0.4 is 0 Å². The van der Waals surface area contributed by atoms with Gasteiger partial charge in [0, 0.05) is 99.7 Å². The van der Waals surface area contributed by atoms with Gasteiger partial charge in [-0.25, -0.2) is 0 Å². The number of hydrogen-bond acceptors (Lipinski definition) is 11. The molecule has 6 unspecified atom stereocenters. The Labute approximate surface area is 355 Å². The summed E-state index contributed by atoms with van der Waals surface area (Å²) in [5.41, 5.74) is 0.794. The van der Waals surface area contributed by atoms with Crippen LogP contribution in [0, 0.1) is 47.3 Å². The Balaban J connectivity index is 3.36. The van der Waals surface area contributed by atoms with Crippen molar-refractivity contribution in [1.29, 1.82) is 0 Å². The van der Waals surface area contributed by atoms with Gasteiger partial charge in [0.15, 0.2) is 5.78 Å². The van der Waals surface area contributed by atoms with Crippen LogP contribution in [0.15, 0.2) is 30.3 Å². The lowest BCUT2D eigenvalue weighted by molar-refractivity contribution is -0.141. The molecule has 0 saturated heterocycles. The number of aliphatic carboxylic acids is 1. The van der Waals surface area contributed by atoms with E-state index < -0.39 is 64.6 Å². The van der Waals surface area contributed by atoms with Gasteiger partial charge in [-0.05, 0) is 63.9 Å². The maximum atomic E-state index is 14.2. The van der Waals surface area contributed by atoms with Crippen LogP contribution in [0.1, 0.15) is 151 Å². The molecule has 1 rings (SSSR count). The molecule has 60 heavy (non-hydrogen) atoms. The number of carbonyl (C=O) groups excluding carboxylic acids is 10. The molecule has 0 spiro atoms. The smallest absolute Gasteiger partial charge is 0.303 e. The summed E-state index contributed by atoms with van der Waals surface area (Å²) in [6, 6.07) is 9.10. The van der Waals surface area contributed by atoms with Crippen molar-refractivity contribution in [3.63, 3.8) is 0 Å². The molecule has 1 aromatic carbocycles. The van der Waals surface area contributed by atoms with Crippen LogP contribution in [0.2, 0.25) is 0 Å². The summed E-state index contributed by atoms with van der Waals surface area (Å²) >= 11 is 0. The highest BCUT2D eigenvalue weighted by atomic mass is 16.4. The summed E-state index contributed by atoms with van der Waals surface area (Å²) in [7, 11) is 0. The molecular weight excluding hydrogens is 769 g/mol. The topological polar surface area (TPSA) is 208 Å². The molecular formula is C48H68O12. The van der Waals surface area contributed by atoms with Gasteiger partial charge in [0.2, 0.25) is 5.78 Å². The van der Waals surface area contributed by atoms with Crippen molar-refractivity contribution < 1.29 is 57.8 Å². The van der Waals surface area contributed by atoms with Crippen molar-refractivity contribution in [2.75, 3.05) is 0 Å². The Bertz CT molecular complexity index is 1690. The molecule has 0 bridgehead atoms. The van der Waals surface area contributed by atoms with Crippen LogP contribution in [0.5, 0.6) is 0 Å². The number of carbonyl (C=O) groups is 11. The molecule has 0 aliphatic carbocycles. The predicted molar refractivity (Wildman–Crippen MR) is 226 cm³/mol. The first-order chi connectivity index (χ1) is 28.1. The summed E-state index contributed by atoms with van der Waals surface area (Å²) in [6.45, 7) is 13.0. The molecule has 1 N–H and O–H groups in total. The molecule has 12 heteroatoms. The molecule has 332 valence electrons. The molecule has 12 nitrogen and oxygen atoms in total. The van der Waals surface area contributed by atoms with Crippen LogP contribution in [-0.2, 0) is 59.2 Å². The van der Waals surface area contributed by atoms with Crippen molar-refractivity contribution in [1.82, 2.24) is 0 Å². The largest absolute Gasteiger partial charge is 0.481 e. The summed E-state index contributed by atoms with van der Waals surface area (Å²) in [6.07, 6.45) is -1.00. The minimum atomic E-state index is -1.13. The van der Waals surface area contributed by atoms with E-state index in [1.165, 1.54) is 20.8 Å². The summed E-state index contributed by atoms with van der Waals surface area (Å²) in [5, 5.41) is 9.18. The average molecular weight is 837 g/mol. The van der Waals surface area contributed by atoms with Gasteiger partial charge in [-0.1, -0.05) is 71.4 Å². The molecule has 1 aromatic rings. The Hall–Kier alpha value is -4.61. The standard InChI is InChI=1S/C48H68O12/c1-9-13-37(48(60)41(52)20-17-32(7)50)25-43(54)38(23-34-14-11-10-12-15-34)26-45(56)40(30(4)5)28-46(57)39(29(2)3)27-44(55)36(18-16-31(6)49)24-42(53)35(22-33(8)51)19-21-47(58)59/h10-12,14-15,29-30,35-40H,9,13,16-28H2,1-8H3,(H,58,59). The summed E-state index contributed by atoms with van der Waals surface area (Å²) < 4.78 is 0. The molecule has 0 aromatic heterocycles. The van der Waals surface area contributed by atoms with Crippen LogP contribution in [0.25, 0.3) is 0 Å². The zero-order chi connectivity index (χ0) is 45.7. The minimum absolute atomic E-state index is 0.00674. The Morgan fingerprint density at radius 1 is 0.483 bits per heavy atom. The first-order valence-corrected chi connectivity index (χ1v) is 21.5. The fourth-order valence-corrected chi connectivity index (χ4v) is 7.70. The molecule has 0 aliphatic rings. The second kappa shape index (κ2) is 27.3. The van der Waals surface area contributed by atoms with Crippen LogP contribution >= 0.6 is 0 Å². The van der Waals surface area contributed by atoms with Crippen LogP contribution in [-0.4, -0.2) is 68.9 Å². The number of rotatable bonds is 34. The third kappa shape index (κ3) is 20.1. The molecule has 0 heterocycles. The van der Waals surface area contributed by atoms with Gasteiger partial charge in [-0.2, -0.15) is 0 Å². The fraction of sp³-hybridized carbons (Fsp3) is 0.646. The van der Waals surface area contributed by atoms with Crippen LogP contribution in [0.4, 0.5) is 0 Å². The van der Waals surface area contributed by atoms with Gasteiger partial charge in [-0.15, -0.1) is 0 Å². The SMILES string of the molecule is CCCC(CC(=O)C(CC(=O)C(CC(=O)C(CC(=O)C(CCC(C)=O)CC(=O)C(CCC(=O)O)CC(C)=O)C(C)C)C(C)C)Cc1ccccc1)C(=O)C(=O)CCC(C)=O. The van der Waals surface area contributed by atoms with E-state index in [1.54, 1.807) is 27.7 Å². The van der Waals surface area contributed by atoms with E-state index in [2.05, 4.69) is 0 Å². The summed E-state index contributed by atoms with van der Waals surface area (Å²) in [5.74, 6) is -11.0. The van der Waals surface area contributed by atoms with Crippen molar-refractivity contribution >= 4 is 63.8 Å². The highest BCUT2D eigenvalue weighted by Crippen LogP contribution is 2.31. The Morgan fingerprint density at radius 3 is 1.43 bits per heavy atom. The third-order valence-corrected chi connectivity index (χ3v) is 11.4. The van der Waals surface area contributed by atoms with Gasteiger partial charge >= 0.3 is 5.97 Å². The van der Waals surface area contributed by atoms with E-state index >= 15 is 0 Å². The molecule has 0 fully saturated rings. The average Bonchev–Trinajstić information content (AvgIpc) is 3.16. The van der Waals surface area contributed by atoms with Gasteiger partial charge in [0.25, 0.3) is 0 Å². The van der Waals surface area contributed by atoms with E-state index in [-0.39, 0.29) is 136 Å². The van der Waals surface area contributed by atoms with Crippen molar-refractivity contribution in [2.24, 2.45) is 47.3 Å². The van der Waals surface area contributed by atoms with Crippen molar-refractivity contribution in [2.45, 2.75) is 152 Å². The third-order valence-electron chi connectivity index (χ3n) is 11.4. The monoisotopic (exact) mass is 836 g/mol. The van der Waals surface area contributed by atoms with Gasteiger partial charge in [0.05, 0.1) is 0 Å². The molecule has 0 amide bonds. The number of Topliss-reactive ketones (excluding diaryl/α,β-unsaturated/α-hetero) is 10. The van der Waals surface area contributed by atoms with Gasteiger partial charge in [-0.3, -0.25) is 38.4 Å². The second-order valence-electron chi connectivity index (χ2n) is 17.4. The minimum Gasteiger partial charge on any atom is -0.481 e. The molecule has 0 saturated carbocycles. The van der Waals surface area contributed by atoms with E-state index in [4.69, 9.17) is 0 Å². The highest BCUT2D eigenvalue weighted by Gasteiger charge is 2.37. The lowest BCUT2D eigenvalue weighted by Crippen LogP contribution is -2.34. The van der Waals surface area contributed by atoms with Crippen molar-refractivity contribution in [3.05, 3.63) is 35.9 Å².